The van der Waals surface area contributed by atoms with Gasteiger partial charge in [-0.2, -0.15) is 0 Å². The van der Waals surface area contributed by atoms with Crippen LogP contribution in [0.3, 0.4) is 0 Å². The number of benzene rings is 1. The number of imidazole rings is 1. The molecule has 98 valence electrons. The molecule has 20 heavy (non-hydrogen) atoms. The molecular formula is C14H10BrN5. The Balaban J connectivity index is 1.78. The van der Waals surface area contributed by atoms with Crippen LogP contribution in [0.25, 0.3) is 17.2 Å². The second-order valence-corrected chi connectivity index (χ2v) is 5.44. The summed E-state index contributed by atoms with van der Waals surface area (Å²) in [4.78, 5) is 15.6. The Morgan fingerprint density at radius 3 is 3.10 bits per heavy atom. The van der Waals surface area contributed by atoms with Gasteiger partial charge in [-0.1, -0.05) is 28.1 Å². The molecule has 0 atom stereocenters. The predicted octanol–water partition coefficient (Wildman–Crippen LogP) is 3.43. The molecule has 4 rings (SSSR count). The number of hydrogen-bond acceptors (Lipinski definition) is 4. The zero-order valence-corrected chi connectivity index (χ0v) is 12.0. The molecule has 0 saturated carbocycles. The molecule has 1 aliphatic carbocycles. The van der Waals surface area contributed by atoms with Crippen LogP contribution in [0.5, 0.6) is 0 Å². The number of allylic oxidation sites excluding steroid dienone is 1. The minimum Gasteiger partial charge on any atom is -0.340 e. The summed E-state index contributed by atoms with van der Waals surface area (Å²) in [6.07, 6.45) is 8.40. The van der Waals surface area contributed by atoms with E-state index in [4.69, 9.17) is 0 Å². The first-order valence-corrected chi connectivity index (χ1v) is 7.00. The highest BCUT2D eigenvalue weighted by atomic mass is 79.9. The lowest BCUT2D eigenvalue weighted by Crippen LogP contribution is -1.97. The van der Waals surface area contributed by atoms with Crippen LogP contribution in [0.2, 0.25) is 0 Å². The predicted molar refractivity (Wildman–Crippen MR) is 81.8 cm³/mol. The van der Waals surface area contributed by atoms with Gasteiger partial charge in [0.05, 0.1) is 6.33 Å². The number of halogens is 1. The van der Waals surface area contributed by atoms with Gasteiger partial charge in [-0.05, 0) is 29.7 Å². The SMILES string of the molecule is Brc1cc(Nc2ncnc3nc[nH]c23)cc2c1CC=C2. The van der Waals surface area contributed by atoms with E-state index >= 15 is 0 Å². The van der Waals surface area contributed by atoms with Crippen LogP contribution in [0.4, 0.5) is 11.5 Å². The van der Waals surface area contributed by atoms with E-state index in [1.807, 2.05) is 0 Å². The topological polar surface area (TPSA) is 66.5 Å². The maximum atomic E-state index is 4.27. The van der Waals surface area contributed by atoms with Crippen molar-refractivity contribution < 1.29 is 0 Å². The first-order valence-electron chi connectivity index (χ1n) is 6.21. The first kappa shape index (κ1) is 11.6. The molecular weight excluding hydrogens is 318 g/mol. The van der Waals surface area contributed by atoms with Crippen molar-refractivity contribution in [2.24, 2.45) is 0 Å². The number of fused-ring (bicyclic) bond motifs is 2. The highest BCUT2D eigenvalue weighted by Crippen LogP contribution is 2.32. The van der Waals surface area contributed by atoms with Crippen molar-refractivity contribution in [1.82, 2.24) is 19.9 Å². The van der Waals surface area contributed by atoms with Crippen LogP contribution < -0.4 is 5.32 Å². The van der Waals surface area contributed by atoms with E-state index in [0.717, 1.165) is 27.9 Å². The van der Waals surface area contributed by atoms with E-state index < -0.39 is 0 Å². The van der Waals surface area contributed by atoms with E-state index in [0.29, 0.717) is 5.65 Å². The average Bonchev–Trinajstić information content (AvgIpc) is 3.06. The lowest BCUT2D eigenvalue weighted by molar-refractivity contribution is 1.20. The normalized spacial score (nSPS) is 12.8. The fourth-order valence-electron chi connectivity index (χ4n) is 2.39. The summed E-state index contributed by atoms with van der Waals surface area (Å²) in [7, 11) is 0. The lowest BCUT2D eigenvalue weighted by Gasteiger charge is -2.10. The van der Waals surface area contributed by atoms with E-state index in [9.17, 15) is 0 Å². The summed E-state index contributed by atoms with van der Waals surface area (Å²) in [5.74, 6) is 0.723. The molecule has 1 aromatic carbocycles. The quantitative estimate of drug-likeness (QED) is 0.756. The summed E-state index contributed by atoms with van der Waals surface area (Å²) in [5.41, 5.74) is 5.00. The minimum atomic E-state index is 0.655. The van der Waals surface area contributed by atoms with Crippen LogP contribution >= 0.6 is 15.9 Å². The smallest absolute Gasteiger partial charge is 0.182 e. The highest BCUT2D eigenvalue weighted by Gasteiger charge is 2.12. The molecule has 0 aliphatic heterocycles. The van der Waals surface area contributed by atoms with Gasteiger partial charge in [-0.15, -0.1) is 0 Å². The van der Waals surface area contributed by atoms with E-state index in [1.54, 1.807) is 6.33 Å². The number of aromatic nitrogens is 4. The van der Waals surface area contributed by atoms with Gasteiger partial charge in [0.25, 0.3) is 0 Å². The van der Waals surface area contributed by atoms with Crippen molar-refractivity contribution >= 4 is 44.7 Å². The molecule has 0 amide bonds. The maximum absolute atomic E-state index is 4.27. The van der Waals surface area contributed by atoms with E-state index in [2.05, 4.69) is 65.5 Å². The fourth-order valence-corrected chi connectivity index (χ4v) is 3.03. The molecule has 0 fully saturated rings. The molecule has 3 aromatic rings. The van der Waals surface area contributed by atoms with Crippen molar-refractivity contribution in [3.63, 3.8) is 0 Å². The zero-order valence-electron chi connectivity index (χ0n) is 10.4. The number of hydrogen-bond donors (Lipinski definition) is 2. The largest absolute Gasteiger partial charge is 0.340 e. The Labute approximate surface area is 123 Å². The number of aromatic amines is 1. The summed E-state index contributed by atoms with van der Waals surface area (Å²) < 4.78 is 1.11. The molecule has 0 spiro atoms. The molecule has 0 bridgehead atoms. The molecule has 0 saturated heterocycles. The number of nitrogens with one attached hydrogen (secondary N) is 2. The van der Waals surface area contributed by atoms with Crippen molar-refractivity contribution in [1.29, 1.82) is 0 Å². The van der Waals surface area contributed by atoms with Gasteiger partial charge in [0.1, 0.15) is 11.8 Å². The molecule has 0 radical (unpaired) electrons. The second-order valence-electron chi connectivity index (χ2n) is 4.58. The van der Waals surface area contributed by atoms with Crippen molar-refractivity contribution in [2.75, 3.05) is 5.32 Å². The Kier molecular flexibility index (Phi) is 2.56. The maximum Gasteiger partial charge on any atom is 0.182 e. The minimum absolute atomic E-state index is 0.655. The van der Waals surface area contributed by atoms with E-state index in [-0.39, 0.29) is 0 Å². The van der Waals surface area contributed by atoms with Gasteiger partial charge >= 0.3 is 0 Å². The second kappa shape index (κ2) is 4.42. The van der Waals surface area contributed by atoms with Crippen molar-refractivity contribution in [3.8, 4) is 0 Å². The van der Waals surface area contributed by atoms with Gasteiger partial charge in [0.15, 0.2) is 11.5 Å². The Morgan fingerprint density at radius 2 is 2.15 bits per heavy atom. The number of anilines is 2. The number of H-pyrrole nitrogens is 1. The third kappa shape index (κ3) is 1.80. The summed E-state index contributed by atoms with van der Waals surface area (Å²) in [5, 5.41) is 3.32. The number of rotatable bonds is 2. The first-order chi connectivity index (χ1) is 9.81. The summed E-state index contributed by atoms with van der Waals surface area (Å²) in [6.45, 7) is 0. The van der Waals surface area contributed by atoms with Crippen LogP contribution in [-0.2, 0) is 6.42 Å². The third-order valence-corrected chi connectivity index (χ3v) is 4.04. The number of nitrogens with zero attached hydrogens (tertiary/aromatic N) is 3. The summed E-state index contributed by atoms with van der Waals surface area (Å²) >= 11 is 3.62. The Bertz CT molecular complexity index is 837. The van der Waals surface area contributed by atoms with E-state index in [1.165, 1.54) is 17.5 Å². The third-order valence-electron chi connectivity index (χ3n) is 3.34. The Morgan fingerprint density at radius 1 is 1.20 bits per heavy atom. The molecule has 2 heterocycles. The average molecular weight is 328 g/mol. The van der Waals surface area contributed by atoms with Crippen LogP contribution in [0.15, 0.2) is 35.3 Å². The van der Waals surface area contributed by atoms with Crippen molar-refractivity contribution in [2.45, 2.75) is 6.42 Å². The zero-order chi connectivity index (χ0) is 13.5. The van der Waals surface area contributed by atoms with Crippen LogP contribution in [0.1, 0.15) is 11.1 Å². The lowest BCUT2D eigenvalue weighted by atomic mass is 10.1. The Hall–Kier alpha value is -2.21. The molecule has 2 N–H and O–H groups in total. The van der Waals surface area contributed by atoms with Crippen molar-refractivity contribution in [3.05, 3.63) is 46.5 Å². The summed E-state index contributed by atoms with van der Waals surface area (Å²) in [6, 6.07) is 4.18. The molecule has 6 heteroatoms. The van der Waals surface area contributed by atoms with Gasteiger partial charge in [0.2, 0.25) is 0 Å². The monoisotopic (exact) mass is 327 g/mol. The van der Waals surface area contributed by atoms with Crippen LogP contribution in [0, 0.1) is 0 Å². The standard InChI is InChI=1S/C14H10BrN5/c15-11-5-9(4-8-2-1-3-10(8)11)20-14-12-13(17-6-16-12)18-7-19-14/h1-2,4-7H,3H2,(H2,16,17,18,19,20). The van der Waals surface area contributed by atoms with Gasteiger partial charge in [-0.25, -0.2) is 15.0 Å². The van der Waals surface area contributed by atoms with Gasteiger partial charge in [-0.3, -0.25) is 0 Å². The highest BCUT2D eigenvalue weighted by molar-refractivity contribution is 9.10. The molecule has 1 aliphatic rings. The van der Waals surface area contributed by atoms with Gasteiger partial charge < -0.3 is 10.3 Å². The van der Waals surface area contributed by atoms with Gasteiger partial charge in [0, 0.05) is 10.2 Å². The molecule has 0 unspecified atom stereocenters. The van der Waals surface area contributed by atoms with Crippen LogP contribution in [-0.4, -0.2) is 19.9 Å². The molecule has 5 nitrogen and oxygen atoms in total. The fraction of sp³-hybridized carbons (Fsp3) is 0.0714. The molecule has 2 aromatic heterocycles.